The number of likely N-dealkylation sites (N-methyl/N-ethyl adjacent to an activating group) is 1. The van der Waals surface area contributed by atoms with Gasteiger partial charge in [-0.1, -0.05) is 13.8 Å². The van der Waals surface area contributed by atoms with E-state index in [1.54, 1.807) is 25.8 Å². The summed E-state index contributed by atoms with van der Waals surface area (Å²) in [5, 5.41) is 9.18. The monoisotopic (exact) mass is 285 g/mol. The summed E-state index contributed by atoms with van der Waals surface area (Å²) in [4.78, 5) is 28.9. The Bertz CT molecular complexity index is 361. The number of carbonyl (C=O) groups is 2. The maximum absolute atomic E-state index is 12.3. The predicted molar refractivity (Wildman–Crippen MR) is 77.7 cm³/mol. The van der Waals surface area contributed by atoms with Crippen LogP contribution in [0.25, 0.3) is 0 Å². The van der Waals surface area contributed by atoms with Crippen molar-refractivity contribution in [2.24, 2.45) is 5.92 Å². The van der Waals surface area contributed by atoms with E-state index in [0.717, 1.165) is 19.6 Å². The van der Waals surface area contributed by atoms with Gasteiger partial charge in [0.25, 0.3) is 0 Å². The Hall–Kier alpha value is -1.30. The Morgan fingerprint density at radius 3 is 2.10 bits per heavy atom. The van der Waals surface area contributed by atoms with Gasteiger partial charge in [0, 0.05) is 39.8 Å². The molecule has 0 radical (unpaired) electrons. The van der Waals surface area contributed by atoms with Gasteiger partial charge >= 0.3 is 12.0 Å². The molecular formula is C14H27N3O3. The molecule has 1 rings (SSSR count). The third kappa shape index (κ3) is 3.85. The molecule has 1 heterocycles. The van der Waals surface area contributed by atoms with Gasteiger partial charge in [-0.15, -0.1) is 0 Å². The fourth-order valence-electron chi connectivity index (χ4n) is 2.23. The maximum atomic E-state index is 12.3. The quantitative estimate of drug-likeness (QED) is 0.842. The zero-order chi connectivity index (χ0) is 15.5. The molecule has 1 aliphatic heterocycles. The number of carbonyl (C=O) groups excluding carboxylic acids is 1. The molecule has 1 fully saturated rings. The van der Waals surface area contributed by atoms with E-state index >= 15 is 0 Å². The summed E-state index contributed by atoms with van der Waals surface area (Å²) in [6.45, 7) is 11.5. The average Bonchev–Trinajstić information content (AvgIpc) is 2.37. The molecule has 6 heteroatoms. The highest BCUT2D eigenvalue weighted by atomic mass is 16.4. The highest BCUT2D eigenvalue weighted by Gasteiger charge is 2.37. The van der Waals surface area contributed by atoms with Crippen LogP contribution in [0.5, 0.6) is 0 Å². The van der Waals surface area contributed by atoms with Crippen LogP contribution in [-0.2, 0) is 4.79 Å². The van der Waals surface area contributed by atoms with Crippen molar-refractivity contribution in [3.63, 3.8) is 0 Å². The van der Waals surface area contributed by atoms with Crippen molar-refractivity contribution in [2.45, 2.75) is 33.2 Å². The van der Waals surface area contributed by atoms with Crippen molar-refractivity contribution >= 4 is 12.0 Å². The van der Waals surface area contributed by atoms with Gasteiger partial charge in [0.1, 0.15) is 5.54 Å². The number of carboxylic acids is 1. The summed E-state index contributed by atoms with van der Waals surface area (Å²) in [6, 6.07) is -0.207. The Morgan fingerprint density at radius 1 is 1.20 bits per heavy atom. The molecule has 1 N–H and O–H groups in total. The normalized spacial score (nSPS) is 17.4. The number of aliphatic carboxylic acids is 1. The Labute approximate surface area is 121 Å². The summed E-state index contributed by atoms with van der Waals surface area (Å²) >= 11 is 0. The summed E-state index contributed by atoms with van der Waals surface area (Å²) in [7, 11) is 1.55. The second-order valence-corrected chi connectivity index (χ2v) is 6.39. The predicted octanol–water partition coefficient (Wildman–Crippen LogP) is 1.17. The van der Waals surface area contributed by atoms with E-state index in [4.69, 9.17) is 0 Å². The molecule has 116 valence electrons. The topological polar surface area (TPSA) is 64.1 Å². The summed E-state index contributed by atoms with van der Waals surface area (Å²) in [6.07, 6.45) is 0. The number of urea groups is 1. The number of hydrogen-bond donors (Lipinski definition) is 1. The van der Waals surface area contributed by atoms with E-state index in [-0.39, 0.29) is 6.03 Å². The highest BCUT2D eigenvalue weighted by Crippen LogP contribution is 2.16. The van der Waals surface area contributed by atoms with E-state index in [2.05, 4.69) is 18.7 Å². The van der Waals surface area contributed by atoms with E-state index in [1.807, 2.05) is 0 Å². The molecule has 0 unspecified atom stereocenters. The summed E-state index contributed by atoms with van der Waals surface area (Å²) < 4.78 is 0. The third-order valence-corrected chi connectivity index (χ3v) is 3.91. The van der Waals surface area contributed by atoms with Crippen LogP contribution in [0.15, 0.2) is 0 Å². The third-order valence-electron chi connectivity index (χ3n) is 3.91. The van der Waals surface area contributed by atoms with Crippen LogP contribution in [0.1, 0.15) is 27.7 Å². The van der Waals surface area contributed by atoms with Crippen molar-refractivity contribution in [3.05, 3.63) is 0 Å². The van der Waals surface area contributed by atoms with Gasteiger partial charge in [-0.3, -0.25) is 4.90 Å². The molecule has 6 nitrogen and oxygen atoms in total. The van der Waals surface area contributed by atoms with Crippen molar-refractivity contribution in [1.29, 1.82) is 0 Å². The zero-order valence-corrected chi connectivity index (χ0v) is 13.2. The summed E-state index contributed by atoms with van der Waals surface area (Å²) in [5.41, 5.74) is -1.19. The second-order valence-electron chi connectivity index (χ2n) is 6.39. The fourth-order valence-corrected chi connectivity index (χ4v) is 2.23. The van der Waals surface area contributed by atoms with Gasteiger partial charge in [0.15, 0.2) is 0 Å². The van der Waals surface area contributed by atoms with Crippen LogP contribution in [0.3, 0.4) is 0 Å². The second kappa shape index (κ2) is 6.43. The molecule has 0 aromatic rings. The molecule has 2 amide bonds. The molecule has 0 aromatic heterocycles. The Kier molecular flexibility index (Phi) is 5.39. The lowest BCUT2D eigenvalue weighted by Gasteiger charge is -2.40. The number of nitrogens with zero attached hydrogens (tertiary/aromatic N) is 3. The Balaban J connectivity index is 2.57. The van der Waals surface area contributed by atoms with Gasteiger partial charge in [-0.25, -0.2) is 9.59 Å². The van der Waals surface area contributed by atoms with Crippen LogP contribution in [-0.4, -0.2) is 77.1 Å². The van der Waals surface area contributed by atoms with Gasteiger partial charge in [0.2, 0.25) is 0 Å². The van der Waals surface area contributed by atoms with Crippen LogP contribution >= 0.6 is 0 Å². The molecule has 1 saturated heterocycles. The fraction of sp³-hybridized carbons (Fsp3) is 0.857. The van der Waals surface area contributed by atoms with Crippen molar-refractivity contribution in [2.75, 3.05) is 39.8 Å². The number of piperazine rings is 1. The molecule has 20 heavy (non-hydrogen) atoms. The number of hydrogen-bond acceptors (Lipinski definition) is 3. The van der Waals surface area contributed by atoms with Crippen molar-refractivity contribution < 1.29 is 14.7 Å². The first kappa shape index (κ1) is 16.8. The van der Waals surface area contributed by atoms with E-state index in [0.29, 0.717) is 19.0 Å². The van der Waals surface area contributed by atoms with Gasteiger partial charge in [-0.05, 0) is 19.8 Å². The van der Waals surface area contributed by atoms with Crippen LogP contribution in [0, 0.1) is 5.92 Å². The lowest BCUT2D eigenvalue weighted by Crippen LogP contribution is -2.58. The van der Waals surface area contributed by atoms with Crippen molar-refractivity contribution in [1.82, 2.24) is 14.7 Å². The van der Waals surface area contributed by atoms with Gasteiger partial charge < -0.3 is 14.9 Å². The number of rotatable bonds is 4. The minimum Gasteiger partial charge on any atom is -0.480 e. The molecule has 0 bridgehead atoms. The molecule has 0 spiro atoms. The molecule has 0 aromatic carbocycles. The lowest BCUT2D eigenvalue weighted by molar-refractivity contribution is -0.147. The minimum absolute atomic E-state index is 0.207. The molecule has 0 atom stereocenters. The zero-order valence-electron chi connectivity index (χ0n) is 13.2. The largest absolute Gasteiger partial charge is 0.480 e. The number of amides is 2. The lowest BCUT2D eigenvalue weighted by atomic mass is 10.0. The first-order valence-corrected chi connectivity index (χ1v) is 7.14. The molecular weight excluding hydrogens is 258 g/mol. The molecule has 0 saturated carbocycles. The van der Waals surface area contributed by atoms with Crippen LogP contribution in [0.4, 0.5) is 4.79 Å². The summed E-state index contributed by atoms with van der Waals surface area (Å²) in [5.74, 6) is -0.377. The highest BCUT2D eigenvalue weighted by molar-refractivity contribution is 5.85. The SMILES string of the molecule is CC(C)CN1CCN(C(=O)N(C)C(C)(C)C(=O)O)CC1. The van der Waals surface area contributed by atoms with Gasteiger partial charge in [-0.2, -0.15) is 0 Å². The first-order valence-electron chi connectivity index (χ1n) is 7.14. The van der Waals surface area contributed by atoms with E-state index < -0.39 is 11.5 Å². The minimum atomic E-state index is -1.19. The molecule has 0 aliphatic carbocycles. The van der Waals surface area contributed by atoms with Crippen LogP contribution in [0.2, 0.25) is 0 Å². The average molecular weight is 285 g/mol. The van der Waals surface area contributed by atoms with Gasteiger partial charge in [0.05, 0.1) is 0 Å². The Morgan fingerprint density at radius 2 is 1.70 bits per heavy atom. The van der Waals surface area contributed by atoms with E-state index in [1.165, 1.54) is 4.90 Å². The van der Waals surface area contributed by atoms with Crippen molar-refractivity contribution in [3.8, 4) is 0 Å². The molecule has 1 aliphatic rings. The maximum Gasteiger partial charge on any atom is 0.329 e. The van der Waals surface area contributed by atoms with E-state index in [9.17, 15) is 14.7 Å². The first-order chi connectivity index (χ1) is 9.16. The van der Waals surface area contributed by atoms with Crippen LogP contribution < -0.4 is 0 Å². The number of carboxylic acid groups (broad SMARTS) is 1. The smallest absolute Gasteiger partial charge is 0.329 e. The standard InChI is InChI=1S/C14H27N3O3/c1-11(2)10-16-6-8-17(9-7-16)13(20)15(5)14(3,4)12(18)19/h11H,6-10H2,1-5H3,(H,18,19).